The van der Waals surface area contributed by atoms with Crippen molar-refractivity contribution in [1.29, 1.82) is 0 Å². The third-order valence-electron chi connectivity index (χ3n) is 5.41. The predicted molar refractivity (Wildman–Crippen MR) is 127 cm³/mol. The first kappa shape index (κ1) is 24.2. The highest BCUT2D eigenvalue weighted by Crippen LogP contribution is 2.40. The number of ether oxygens (including phenoxy) is 1. The molecule has 2 aromatic heterocycles. The van der Waals surface area contributed by atoms with Gasteiger partial charge in [0.05, 0.1) is 17.1 Å². The molecule has 0 atom stereocenters. The number of aromatic nitrogens is 2. The van der Waals surface area contributed by atoms with Gasteiger partial charge in [-0.25, -0.2) is 9.78 Å². The summed E-state index contributed by atoms with van der Waals surface area (Å²) in [7, 11) is 0. The Hall–Kier alpha value is -4.93. The molecule has 4 rings (SSSR count). The largest absolute Gasteiger partial charge is 0.504 e. The second-order valence-corrected chi connectivity index (χ2v) is 7.95. The molecule has 0 spiro atoms. The average molecular weight is 491 g/mol. The zero-order chi connectivity index (χ0) is 26.1. The van der Waals surface area contributed by atoms with Crippen LogP contribution in [0.3, 0.4) is 0 Å². The second-order valence-electron chi connectivity index (χ2n) is 7.95. The highest BCUT2D eigenvalue weighted by Gasteiger charge is 2.18. The van der Waals surface area contributed by atoms with E-state index in [4.69, 9.17) is 9.15 Å². The highest BCUT2D eigenvalue weighted by atomic mass is 16.5. The first-order chi connectivity index (χ1) is 17.0. The minimum Gasteiger partial charge on any atom is -0.504 e. The summed E-state index contributed by atoms with van der Waals surface area (Å²) in [5.74, 6) is -3.20. The van der Waals surface area contributed by atoms with Crippen LogP contribution in [-0.4, -0.2) is 43.7 Å². The van der Waals surface area contributed by atoms with Gasteiger partial charge in [0.1, 0.15) is 34.7 Å². The zero-order valence-corrected chi connectivity index (χ0v) is 19.4. The van der Waals surface area contributed by atoms with Crippen LogP contribution < -0.4 is 15.5 Å². The molecule has 0 aliphatic heterocycles. The summed E-state index contributed by atoms with van der Waals surface area (Å²) in [5.41, 5.74) is 1.59. The van der Waals surface area contributed by atoms with Crippen LogP contribution in [-0.2, 0) is 4.79 Å². The van der Waals surface area contributed by atoms with Gasteiger partial charge in [-0.3, -0.25) is 14.6 Å². The molecular formula is C25H21N3O8. The van der Waals surface area contributed by atoms with Crippen molar-refractivity contribution in [3.63, 3.8) is 0 Å². The Morgan fingerprint density at radius 1 is 0.944 bits per heavy atom. The molecule has 1 amide bonds. The van der Waals surface area contributed by atoms with E-state index in [0.717, 1.165) is 12.1 Å². The number of carbonyl (C=O) groups is 2. The molecule has 4 aromatic rings. The third kappa shape index (κ3) is 4.67. The normalized spacial score (nSPS) is 10.9. The van der Waals surface area contributed by atoms with E-state index in [9.17, 15) is 29.7 Å². The van der Waals surface area contributed by atoms with Gasteiger partial charge < -0.3 is 29.8 Å². The minimum absolute atomic E-state index is 0.118. The molecule has 36 heavy (non-hydrogen) atoms. The molecule has 0 bridgehead atoms. The lowest BCUT2D eigenvalue weighted by atomic mass is 10.1. The first-order valence-corrected chi connectivity index (χ1v) is 10.7. The van der Waals surface area contributed by atoms with Crippen molar-refractivity contribution in [2.75, 3.05) is 6.54 Å². The van der Waals surface area contributed by atoms with Crippen molar-refractivity contribution >= 4 is 22.8 Å². The maximum absolute atomic E-state index is 12.4. The quantitative estimate of drug-likeness (QED) is 0.185. The number of nitrogens with zero attached hydrogens (tertiary/aromatic N) is 2. The molecule has 0 radical (unpaired) electrons. The lowest BCUT2D eigenvalue weighted by Crippen LogP contribution is -2.33. The number of phenolic OH excluding ortho intramolecular Hbond substituents is 3. The monoisotopic (exact) mass is 491 g/mol. The van der Waals surface area contributed by atoms with Crippen LogP contribution in [0.2, 0.25) is 0 Å². The second kappa shape index (κ2) is 9.37. The number of aromatic hydroxyl groups is 3. The van der Waals surface area contributed by atoms with Crippen molar-refractivity contribution in [2.45, 2.75) is 20.8 Å². The number of benzene rings is 2. The number of esters is 1. The smallest absolute Gasteiger partial charge is 0.330 e. The fourth-order valence-corrected chi connectivity index (χ4v) is 3.44. The molecule has 11 heteroatoms. The van der Waals surface area contributed by atoms with E-state index in [2.05, 4.69) is 15.3 Å². The van der Waals surface area contributed by atoms with Crippen LogP contribution in [0.1, 0.15) is 27.6 Å². The van der Waals surface area contributed by atoms with Gasteiger partial charge in [-0.1, -0.05) is 0 Å². The highest BCUT2D eigenvalue weighted by molar-refractivity contribution is 5.95. The minimum atomic E-state index is -0.818. The molecule has 0 aliphatic carbocycles. The summed E-state index contributed by atoms with van der Waals surface area (Å²) >= 11 is 0. The van der Waals surface area contributed by atoms with E-state index in [1.165, 1.54) is 24.3 Å². The summed E-state index contributed by atoms with van der Waals surface area (Å²) < 4.78 is 10.8. The number of carbonyl (C=O) groups excluding carboxylic acids is 2. The number of rotatable bonds is 5. The van der Waals surface area contributed by atoms with Gasteiger partial charge in [0, 0.05) is 17.7 Å². The van der Waals surface area contributed by atoms with Gasteiger partial charge in [-0.2, -0.15) is 0 Å². The van der Waals surface area contributed by atoms with Crippen molar-refractivity contribution < 1.29 is 34.1 Å². The Kier molecular flexibility index (Phi) is 6.30. The molecule has 2 aromatic carbocycles. The number of phenols is 3. The molecule has 0 unspecified atom stereocenters. The van der Waals surface area contributed by atoms with Crippen molar-refractivity contribution in [3.8, 4) is 34.3 Å². The van der Waals surface area contributed by atoms with Crippen molar-refractivity contribution in [2.24, 2.45) is 0 Å². The van der Waals surface area contributed by atoms with E-state index in [-0.39, 0.29) is 28.2 Å². The zero-order valence-electron chi connectivity index (χ0n) is 19.4. The molecule has 0 saturated heterocycles. The average Bonchev–Trinajstić information content (AvgIpc) is 2.83. The van der Waals surface area contributed by atoms with E-state index >= 15 is 0 Å². The standard InChI is InChI=1S/C25H21N3O8/c1-11-12(2)28-22(13(3)27-11)25(34)26-10-20(31)35-15-6-4-14(5-7-15)18-8-16(29)21-19(36-18)9-17(30)23(32)24(21)33/h4-9,30,32-33H,10H2,1-3H3,(H,26,34). The summed E-state index contributed by atoms with van der Waals surface area (Å²) in [5, 5.41) is 31.4. The van der Waals surface area contributed by atoms with Crippen LogP contribution in [0.25, 0.3) is 22.3 Å². The van der Waals surface area contributed by atoms with Crippen molar-refractivity contribution in [3.05, 3.63) is 69.4 Å². The summed E-state index contributed by atoms with van der Waals surface area (Å²) in [4.78, 5) is 45.5. The van der Waals surface area contributed by atoms with Crippen molar-refractivity contribution in [1.82, 2.24) is 15.3 Å². The number of fused-ring (bicyclic) bond motifs is 1. The van der Waals surface area contributed by atoms with Crippen LogP contribution in [0.4, 0.5) is 0 Å². The predicted octanol–water partition coefficient (Wildman–Crippen LogP) is 2.63. The maximum Gasteiger partial charge on any atom is 0.330 e. The maximum atomic E-state index is 12.4. The number of nitrogens with one attached hydrogen (secondary N) is 1. The number of aryl methyl sites for hydroxylation is 3. The van der Waals surface area contributed by atoms with Crippen LogP contribution in [0, 0.1) is 20.8 Å². The molecule has 0 saturated carbocycles. The summed E-state index contributed by atoms with van der Waals surface area (Å²) in [6.07, 6.45) is 0. The summed E-state index contributed by atoms with van der Waals surface area (Å²) in [6, 6.07) is 8.12. The van der Waals surface area contributed by atoms with Crippen LogP contribution >= 0.6 is 0 Å². The molecule has 2 heterocycles. The lowest BCUT2D eigenvalue weighted by molar-refractivity contribution is -0.133. The molecule has 4 N–H and O–H groups in total. The molecule has 0 fully saturated rings. The van der Waals surface area contributed by atoms with Crippen LogP contribution in [0.15, 0.2) is 45.6 Å². The van der Waals surface area contributed by atoms with Gasteiger partial charge in [0.2, 0.25) is 5.75 Å². The van der Waals surface area contributed by atoms with Gasteiger partial charge in [0.25, 0.3) is 5.91 Å². The fraction of sp³-hybridized carbons (Fsp3) is 0.160. The van der Waals surface area contributed by atoms with Gasteiger partial charge in [-0.05, 0) is 45.0 Å². The Bertz CT molecular complexity index is 1580. The molecular weight excluding hydrogens is 470 g/mol. The number of amides is 1. The number of hydrogen-bond donors (Lipinski definition) is 4. The Balaban J connectivity index is 1.45. The SMILES string of the molecule is Cc1nc(C)c(C(=O)NCC(=O)Oc2ccc(-c3cc(=O)c4c(O)c(O)c(O)cc4o3)cc2)nc1C. The fourth-order valence-electron chi connectivity index (χ4n) is 3.44. The number of hydrogen-bond acceptors (Lipinski definition) is 10. The topological polar surface area (TPSA) is 172 Å². The Morgan fingerprint density at radius 3 is 2.31 bits per heavy atom. The summed E-state index contributed by atoms with van der Waals surface area (Å²) in [6.45, 7) is 4.78. The Labute approximate surface area is 203 Å². The molecule has 0 aliphatic rings. The van der Waals surface area contributed by atoms with E-state index in [1.54, 1.807) is 20.8 Å². The molecule has 184 valence electrons. The lowest BCUT2D eigenvalue weighted by Gasteiger charge is -2.09. The van der Waals surface area contributed by atoms with E-state index < -0.39 is 41.1 Å². The third-order valence-corrected chi connectivity index (χ3v) is 5.41. The van der Waals surface area contributed by atoms with E-state index in [0.29, 0.717) is 22.6 Å². The van der Waals surface area contributed by atoms with Gasteiger partial charge >= 0.3 is 5.97 Å². The van der Waals surface area contributed by atoms with Crippen LogP contribution in [0.5, 0.6) is 23.0 Å². The molecule has 11 nitrogen and oxygen atoms in total. The van der Waals surface area contributed by atoms with E-state index in [1.807, 2.05) is 0 Å². The van der Waals surface area contributed by atoms with Gasteiger partial charge in [0.15, 0.2) is 16.9 Å². The van der Waals surface area contributed by atoms with Gasteiger partial charge in [-0.15, -0.1) is 0 Å². The Morgan fingerprint density at radius 2 is 1.61 bits per heavy atom. The first-order valence-electron chi connectivity index (χ1n) is 10.7.